The highest BCUT2D eigenvalue weighted by Gasteiger charge is 2.17. The lowest BCUT2D eigenvalue weighted by Crippen LogP contribution is -2.23. The van der Waals surface area contributed by atoms with Crippen LogP contribution in [-0.2, 0) is 7.05 Å². The van der Waals surface area contributed by atoms with E-state index in [-0.39, 0.29) is 11.3 Å². The molecule has 5 nitrogen and oxygen atoms in total. The van der Waals surface area contributed by atoms with E-state index in [0.29, 0.717) is 5.82 Å². The molecule has 7 heteroatoms. The number of anilines is 1. The van der Waals surface area contributed by atoms with Crippen LogP contribution in [0.1, 0.15) is 10.4 Å². The Morgan fingerprint density at radius 3 is 2.67 bits per heavy atom. The summed E-state index contributed by atoms with van der Waals surface area (Å²) in [4.78, 5) is 12.2. The third kappa shape index (κ3) is 3.77. The van der Waals surface area contributed by atoms with Gasteiger partial charge < -0.3 is 10.1 Å². The third-order valence-electron chi connectivity index (χ3n) is 2.72. The second-order valence-corrected chi connectivity index (χ2v) is 4.37. The summed E-state index contributed by atoms with van der Waals surface area (Å²) in [7, 11) is 1.72. The molecule has 1 aromatic heterocycles. The molecule has 1 amide bonds. The summed E-state index contributed by atoms with van der Waals surface area (Å²) in [6.45, 7) is -1.93. The first-order valence-corrected chi connectivity index (χ1v) is 6.32. The number of ether oxygens (including phenoxy) is 1. The molecule has 112 valence electrons. The molecular formula is C14H15F2N3O2. The number of aryl methyl sites for hydroxylation is 1. The van der Waals surface area contributed by atoms with Gasteiger partial charge in [-0.3, -0.25) is 9.48 Å². The van der Waals surface area contributed by atoms with Crippen molar-refractivity contribution in [1.82, 2.24) is 9.78 Å². The van der Waals surface area contributed by atoms with E-state index >= 15 is 0 Å². The molecule has 0 atom stereocenters. The highest BCUT2D eigenvalue weighted by molar-refractivity contribution is 6.05. The molecule has 0 bridgehead atoms. The van der Waals surface area contributed by atoms with Crippen LogP contribution in [0.3, 0.4) is 0 Å². The maximum Gasteiger partial charge on any atom is 0.260 e. The molecule has 21 heavy (non-hydrogen) atoms. The van der Waals surface area contributed by atoms with Gasteiger partial charge in [0, 0.05) is 19.3 Å². The number of alkyl halides is 2. The lowest BCUT2D eigenvalue weighted by molar-refractivity contribution is 0.100. The van der Waals surface area contributed by atoms with Crippen LogP contribution in [0.25, 0.3) is 0 Å². The van der Waals surface area contributed by atoms with E-state index in [4.69, 9.17) is 4.74 Å². The van der Waals surface area contributed by atoms with Crippen LogP contribution in [0.15, 0.2) is 36.5 Å². The van der Waals surface area contributed by atoms with Crippen molar-refractivity contribution in [3.63, 3.8) is 0 Å². The molecule has 0 aliphatic heterocycles. The van der Waals surface area contributed by atoms with Crippen molar-refractivity contribution in [1.29, 1.82) is 0 Å². The monoisotopic (exact) mass is 295 g/mol. The first kappa shape index (κ1) is 15.0. The van der Waals surface area contributed by atoms with Gasteiger partial charge in [0.15, 0.2) is 11.9 Å². The summed E-state index contributed by atoms with van der Waals surface area (Å²) < 4.78 is 31.8. The van der Waals surface area contributed by atoms with Crippen molar-refractivity contribution < 1.29 is 18.3 Å². The van der Waals surface area contributed by atoms with Crippen molar-refractivity contribution in [3.8, 4) is 5.75 Å². The highest BCUT2D eigenvalue weighted by Crippen LogP contribution is 2.21. The summed E-state index contributed by atoms with van der Waals surface area (Å²) in [5, 5.41) is 6.61. The molecule has 1 N–H and O–H groups in total. The Balaban J connectivity index is 2.16. The van der Waals surface area contributed by atoms with E-state index in [9.17, 15) is 13.6 Å². The Hall–Kier alpha value is -2.44. The van der Waals surface area contributed by atoms with Crippen LogP contribution < -0.4 is 10.1 Å². The van der Waals surface area contributed by atoms with Gasteiger partial charge in [0.05, 0.1) is 5.56 Å². The first-order valence-electron chi connectivity index (χ1n) is 6.32. The standard InChI is InChI=1S/C14H15F2N3O2/c1-19-7-6-13(18-19)17-14(20)11-4-2-3-5-12(11)21-10(8-15)9-16/h2-7,10H,8-9H2,1H3,(H,17,18,20). The normalized spacial score (nSPS) is 10.7. The number of halogens is 2. The Labute approximate surface area is 120 Å². The van der Waals surface area contributed by atoms with Gasteiger partial charge >= 0.3 is 0 Å². The van der Waals surface area contributed by atoms with Gasteiger partial charge in [-0.25, -0.2) is 8.78 Å². The number of hydrogen-bond donors (Lipinski definition) is 1. The van der Waals surface area contributed by atoms with Crippen molar-refractivity contribution in [2.75, 3.05) is 18.7 Å². The lowest BCUT2D eigenvalue weighted by atomic mass is 10.2. The smallest absolute Gasteiger partial charge is 0.260 e. The fourth-order valence-corrected chi connectivity index (χ4v) is 1.71. The molecule has 0 fully saturated rings. The maximum atomic E-state index is 12.5. The molecule has 0 aliphatic rings. The summed E-state index contributed by atoms with van der Waals surface area (Å²) in [6, 6.07) is 7.90. The summed E-state index contributed by atoms with van der Waals surface area (Å²) in [5.74, 6) is 0.0526. The number of rotatable bonds is 6. The van der Waals surface area contributed by atoms with Crippen LogP contribution in [0, 0.1) is 0 Å². The molecule has 1 aromatic carbocycles. The van der Waals surface area contributed by atoms with E-state index in [1.807, 2.05) is 0 Å². The van der Waals surface area contributed by atoms with Crippen molar-refractivity contribution in [2.45, 2.75) is 6.10 Å². The van der Waals surface area contributed by atoms with Crippen LogP contribution in [0.4, 0.5) is 14.6 Å². The third-order valence-corrected chi connectivity index (χ3v) is 2.72. The Bertz CT molecular complexity index is 612. The van der Waals surface area contributed by atoms with E-state index < -0.39 is 25.4 Å². The van der Waals surface area contributed by atoms with Gasteiger partial charge in [-0.2, -0.15) is 5.10 Å². The predicted molar refractivity (Wildman–Crippen MR) is 74.0 cm³/mol. The number of amides is 1. The SMILES string of the molecule is Cn1ccc(NC(=O)c2ccccc2OC(CF)CF)n1. The Kier molecular flexibility index (Phi) is 4.86. The molecule has 0 unspecified atom stereocenters. The fraction of sp³-hybridized carbons (Fsp3) is 0.286. The molecule has 0 spiro atoms. The minimum absolute atomic E-state index is 0.131. The first-order chi connectivity index (χ1) is 10.1. The molecule has 0 saturated heterocycles. The van der Waals surface area contributed by atoms with Gasteiger partial charge in [0.2, 0.25) is 0 Å². The zero-order valence-electron chi connectivity index (χ0n) is 11.4. The number of hydrogen-bond acceptors (Lipinski definition) is 3. The van der Waals surface area contributed by atoms with Crippen molar-refractivity contribution >= 4 is 11.7 Å². The van der Waals surface area contributed by atoms with Crippen LogP contribution in [0.2, 0.25) is 0 Å². The predicted octanol–water partition coefficient (Wildman–Crippen LogP) is 2.36. The average Bonchev–Trinajstić information content (AvgIpc) is 2.90. The minimum Gasteiger partial charge on any atom is -0.484 e. The summed E-state index contributed by atoms with van der Waals surface area (Å²) in [6.07, 6.45) is 0.467. The zero-order chi connectivity index (χ0) is 15.2. The Morgan fingerprint density at radius 1 is 1.33 bits per heavy atom. The second-order valence-electron chi connectivity index (χ2n) is 4.37. The van der Waals surface area contributed by atoms with Gasteiger partial charge in [-0.05, 0) is 12.1 Å². The van der Waals surface area contributed by atoms with Gasteiger partial charge in [-0.1, -0.05) is 12.1 Å². The topological polar surface area (TPSA) is 56.2 Å². The van der Waals surface area contributed by atoms with Crippen LogP contribution in [-0.4, -0.2) is 35.1 Å². The quantitative estimate of drug-likeness (QED) is 0.890. The maximum absolute atomic E-state index is 12.5. The summed E-state index contributed by atoms with van der Waals surface area (Å²) >= 11 is 0. The molecule has 1 heterocycles. The van der Waals surface area contributed by atoms with Crippen molar-refractivity contribution in [2.24, 2.45) is 7.05 Å². The molecular weight excluding hydrogens is 280 g/mol. The van der Waals surface area contributed by atoms with E-state index in [2.05, 4.69) is 10.4 Å². The lowest BCUT2D eigenvalue weighted by Gasteiger charge is -2.15. The Morgan fingerprint density at radius 2 is 2.05 bits per heavy atom. The van der Waals surface area contributed by atoms with E-state index in [0.717, 1.165) is 0 Å². The number of benzene rings is 1. The number of carbonyl (C=O) groups excluding carboxylic acids is 1. The number of carbonyl (C=O) groups is 1. The molecule has 2 rings (SSSR count). The van der Waals surface area contributed by atoms with Crippen molar-refractivity contribution in [3.05, 3.63) is 42.1 Å². The second kappa shape index (κ2) is 6.83. The molecule has 2 aromatic rings. The minimum atomic E-state index is -1.21. The highest BCUT2D eigenvalue weighted by atomic mass is 19.1. The van der Waals surface area contributed by atoms with Gasteiger partial charge in [0.25, 0.3) is 5.91 Å². The zero-order valence-corrected chi connectivity index (χ0v) is 11.4. The van der Waals surface area contributed by atoms with Gasteiger partial charge in [0.1, 0.15) is 19.1 Å². The number of nitrogens with one attached hydrogen (secondary N) is 1. The number of nitrogens with zero attached hydrogens (tertiary/aromatic N) is 2. The molecule has 0 aliphatic carbocycles. The van der Waals surface area contributed by atoms with Crippen LogP contribution in [0.5, 0.6) is 5.75 Å². The summed E-state index contributed by atoms with van der Waals surface area (Å²) in [5.41, 5.74) is 0.190. The van der Waals surface area contributed by atoms with E-state index in [1.165, 1.54) is 12.1 Å². The number of aromatic nitrogens is 2. The fourth-order valence-electron chi connectivity index (χ4n) is 1.71. The average molecular weight is 295 g/mol. The van der Waals surface area contributed by atoms with Gasteiger partial charge in [-0.15, -0.1) is 0 Å². The van der Waals surface area contributed by atoms with Crippen LogP contribution >= 0.6 is 0 Å². The molecule has 0 radical (unpaired) electrons. The largest absolute Gasteiger partial charge is 0.484 e. The molecule has 0 saturated carbocycles. The van der Waals surface area contributed by atoms with E-state index in [1.54, 1.807) is 36.1 Å². The number of para-hydroxylation sites is 1.